The zero-order chi connectivity index (χ0) is 31.2. The Balaban J connectivity index is 2.57. The highest BCUT2D eigenvalue weighted by Crippen LogP contribution is 2.22. The van der Waals surface area contributed by atoms with Gasteiger partial charge >= 0.3 is 24.0 Å². The molecule has 244 valence electrons. The minimum absolute atomic E-state index is 0.0511. The van der Waals surface area contributed by atoms with Gasteiger partial charge in [-0.05, 0) is 52.4 Å². The first-order valence-electron chi connectivity index (χ1n) is 16.5. The van der Waals surface area contributed by atoms with Crippen molar-refractivity contribution < 1.29 is 38.1 Å². The fourth-order valence-electron chi connectivity index (χ4n) is 5.00. The van der Waals surface area contributed by atoms with Crippen molar-refractivity contribution in [1.82, 2.24) is 4.90 Å². The Labute approximate surface area is 254 Å². The van der Waals surface area contributed by atoms with E-state index in [-0.39, 0.29) is 31.9 Å². The van der Waals surface area contributed by atoms with Crippen LogP contribution < -0.4 is 0 Å². The van der Waals surface area contributed by atoms with Crippen molar-refractivity contribution in [1.29, 1.82) is 0 Å². The molecule has 0 aliphatic carbocycles. The molecule has 1 unspecified atom stereocenters. The van der Waals surface area contributed by atoms with Crippen LogP contribution in [0.1, 0.15) is 144 Å². The Hall–Kier alpha value is -2.32. The molecule has 1 aliphatic rings. The van der Waals surface area contributed by atoms with Gasteiger partial charge in [0.2, 0.25) is 0 Å². The largest absolute Gasteiger partial charge is 0.466 e. The average molecular weight is 598 g/mol. The molecule has 1 aliphatic heterocycles. The first-order valence-corrected chi connectivity index (χ1v) is 16.5. The van der Waals surface area contributed by atoms with Crippen molar-refractivity contribution in [2.45, 2.75) is 155 Å². The maximum Gasteiger partial charge on any atom is 0.410 e. The van der Waals surface area contributed by atoms with E-state index in [0.717, 1.165) is 44.9 Å². The quantitative estimate of drug-likeness (QED) is 0.0716. The van der Waals surface area contributed by atoms with Crippen LogP contribution >= 0.6 is 0 Å². The smallest absolute Gasteiger partial charge is 0.410 e. The molecule has 0 radical (unpaired) electrons. The summed E-state index contributed by atoms with van der Waals surface area (Å²) in [5.41, 5.74) is -0.610. The third kappa shape index (κ3) is 19.0. The van der Waals surface area contributed by atoms with E-state index in [2.05, 4.69) is 13.8 Å². The highest BCUT2D eigenvalue weighted by molar-refractivity contribution is 5.76. The SMILES string of the molecule is CCCCCCCCOC(=O)CC(CC(=O)OCCCCCCCC)CC(=O)OCC1CCCN1C(=O)OC(C)(C)C. The third-order valence-corrected chi connectivity index (χ3v) is 7.33. The third-order valence-electron chi connectivity index (χ3n) is 7.33. The van der Waals surface area contributed by atoms with Crippen LogP contribution in [0.3, 0.4) is 0 Å². The van der Waals surface area contributed by atoms with E-state index in [4.69, 9.17) is 18.9 Å². The van der Waals surface area contributed by atoms with Crippen LogP contribution in [0, 0.1) is 5.92 Å². The normalized spacial score (nSPS) is 15.1. The van der Waals surface area contributed by atoms with Gasteiger partial charge in [0.1, 0.15) is 12.2 Å². The van der Waals surface area contributed by atoms with Crippen LogP contribution in [-0.4, -0.2) is 66.9 Å². The minimum Gasteiger partial charge on any atom is -0.466 e. The molecule has 0 saturated carbocycles. The van der Waals surface area contributed by atoms with Crippen molar-refractivity contribution in [2.24, 2.45) is 5.92 Å². The van der Waals surface area contributed by atoms with Gasteiger partial charge in [-0.3, -0.25) is 14.4 Å². The molecule has 0 aromatic rings. The molecule has 1 fully saturated rings. The van der Waals surface area contributed by atoms with Gasteiger partial charge in [-0.2, -0.15) is 0 Å². The average Bonchev–Trinajstić information content (AvgIpc) is 3.39. The molecule has 1 saturated heterocycles. The fourth-order valence-corrected chi connectivity index (χ4v) is 5.00. The summed E-state index contributed by atoms with van der Waals surface area (Å²) in [6, 6.07) is -0.258. The summed E-state index contributed by atoms with van der Waals surface area (Å²) in [4.78, 5) is 52.0. The molecule has 42 heavy (non-hydrogen) atoms. The number of esters is 3. The lowest BCUT2D eigenvalue weighted by Gasteiger charge is -2.28. The maximum atomic E-state index is 12.8. The fraction of sp³-hybridized carbons (Fsp3) is 0.879. The van der Waals surface area contributed by atoms with E-state index in [1.807, 2.05) is 20.8 Å². The highest BCUT2D eigenvalue weighted by atomic mass is 16.6. The predicted molar refractivity (Wildman–Crippen MR) is 163 cm³/mol. The maximum absolute atomic E-state index is 12.8. The monoisotopic (exact) mass is 597 g/mol. The molecule has 0 N–H and O–H groups in total. The minimum atomic E-state index is -0.610. The Morgan fingerprint density at radius 2 is 1.14 bits per heavy atom. The summed E-state index contributed by atoms with van der Waals surface area (Å²) in [5.74, 6) is -1.92. The van der Waals surface area contributed by atoms with Gasteiger partial charge in [-0.1, -0.05) is 78.1 Å². The Morgan fingerprint density at radius 3 is 1.62 bits per heavy atom. The topological polar surface area (TPSA) is 108 Å². The number of unbranched alkanes of at least 4 members (excludes halogenated alkanes) is 10. The number of carbonyl (C=O) groups is 4. The molecule has 1 heterocycles. The molecule has 1 rings (SSSR count). The Bertz CT molecular complexity index is 747. The lowest BCUT2D eigenvalue weighted by atomic mass is 9.97. The Kier molecular flexibility index (Phi) is 20.0. The number of hydrogen-bond donors (Lipinski definition) is 0. The van der Waals surface area contributed by atoms with Crippen molar-refractivity contribution in [2.75, 3.05) is 26.4 Å². The number of amides is 1. The number of likely N-dealkylation sites (tertiary alicyclic amines) is 1. The first kappa shape index (κ1) is 37.7. The van der Waals surface area contributed by atoms with E-state index in [0.29, 0.717) is 26.2 Å². The van der Waals surface area contributed by atoms with Crippen LogP contribution in [0.15, 0.2) is 0 Å². The van der Waals surface area contributed by atoms with Crippen LogP contribution in [0.25, 0.3) is 0 Å². The highest BCUT2D eigenvalue weighted by Gasteiger charge is 2.33. The standard InChI is InChI=1S/C33H59NO8/c1-6-8-10-12-14-16-21-39-29(35)23-27(24-30(36)40-22-17-15-13-11-9-7-2)25-31(37)41-26-28-19-18-20-34(28)32(38)42-33(3,4)5/h27-28H,6-26H2,1-5H3. The van der Waals surface area contributed by atoms with Gasteiger partial charge < -0.3 is 23.8 Å². The van der Waals surface area contributed by atoms with Crippen molar-refractivity contribution in [3.63, 3.8) is 0 Å². The number of nitrogens with zero attached hydrogens (tertiary/aromatic N) is 1. The zero-order valence-electron chi connectivity index (χ0n) is 27.2. The summed E-state index contributed by atoms with van der Waals surface area (Å²) >= 11 is 0. The molecule has 1 atom stereocenters. The zero-order valence-corrected chi connectivity index (χ0v) is 27.2. The summed E-state index contributed by atoms with van der Waals surface area (Å²) in [6.45, 7) is 11.1. The van der Waals surface area contributed by atoms with Gasteiger partial charge in [0.15, 0.2) is 0 Å². The number of hydrogen-bond acceptors (Lipinski definition) is 8. The molecule has 9 heteroatoms. The van der Waals surface area contributed by atoms with E-state index >= 15 is 0 Å². The molecule has 0 bridgehead atoms. The second-order valence-electron chi connectivity index (χ2n) is 12.6. The summed E-state index contributed by atoms with van der Waals surface area (Å²) in [6.07, 6.45) is 13.9. The molecule has 0 spiro atoms. The van der Waals surface area contributed by atoms with Crippen LogP contribution in [0.2, 0.25) is 0 Å². The summed E-state index contributed by atoms with van der Waals surface area (Å²) < 4.78 is 21.8. The van der Waals surface area contributed by atoms with E-state index < -0.39 is 35.5 Å². The van der Waals surface area contributed by atoms with Crippen molar-refractivity contribution in [3.05, 3.63) is 0 Å². The van der Waals surface area contributed by atoms with Gasteiger partial charge in [0, 0.05) is 25.8 Å². The van der Waals surface area contributed by atoms with Gasteiger partial charge in [-0.25, -0.2) is 4.79 Å². The predicted octanol–water partition coefficient (Wildman–Crippen LogP) is 7.52. The van der Waals surface area contributed by atoms with E-state index in [1.165, 1.54) is 38.5 Å². The van der Waals surface area contributed by atoms with Crippen LogP contribution in [0.5, 0.6) is 0 Å². The molecule has 0 aromatic heterocycles. The molecular weight excluding hydrogens is 538 g/mol. The molecule has 1 amide bonds. The number of carbonyl (C=O) groups excluding carboxylic acids is 4. The number of ether oxygens (including phenoxy) is 4. The van der Waals surface area contributed by atoms with Crippen molar-refractivity contribution >= 4 is 24.0 Å². The van der Waals surface area contributed by atoms with Gasteiger partial charge in [0.25, 0.3) is 0 Å². The lowest BCUT2D eigenvalue weighted by molar-refractivity contribution is -0.150. The van der Waals surface area contributed by atoms with Gasteiger partial charge in [-0.15, -0.1) is 0 Å². The second-order valence-corrected chi connectivity index (χ2v) is 12.6. The second kappa shape index (κ2) is 22.3. The Morgan fingerprint density at radius 1 is 0.690 bits per heavy atom. The summed E-state index contributed by atoms with van der Waals surface area (Å²) in [5, 5.41) is 0. The molecular formula is C33H59NO8. The number of rotatable bonds is 22. The van der Waals surface area contributed by atoms with Crippen LogP contribution in [-0.2, 0) is 33.3 Å². The molecule has 0 aromatic carbocycles. The lowest BCUT2D eigenvalue weighted by Crippen LogP contribution is -2.42. The van der Waals surface area contributed by atoms with E-state index in [9.17, 15) is 19.2 Å². The summed E-state index contributed by atoms with van der Waals surface area (Å²) in [7, 11) is 0. The van der Waals surface area contributed by atoms with Gasteiger partial charge in [0.05, 0.1) is 19.3 Å². The first-order chi connectivity index (χ1) is 20.1. The van der Waals surface area contributed by atoms with Crippen LogP contribution in [0.4, 0.5) is 4.79 Å². The van der Waals surface area contributed by atoms with E-state index in [1.54, 1.807) is 4.90 Å². The van der Waals surface area contributed by atoms with Crippen molar-refractivity contribution in [3.8, 4) is 0 Å². The molecule has 9 nitrogen and oxygen atoms in total.